The average Bonchev–Trinajstić information content (AvgIpc) is 2.49. The molecule has 0 fully saturated rings. The summed E-state index contributed by atoms with van der Waals surface area (Å²) >= 11 is 0. The number of ether oxygens (including phenoxy) is 1. The number of nitrogens with zero attached hydrogens (tertiary/aromatic N) is 2. The zero-order chi connectivity index (χ0) is 19.4. The number of rotatable bonds is 6. The number of carboxylic acid groups (broad SMARTS) is 1. The van der Waals surface area contributed by atoms with E-state index in [1.165, 1.54) is 6.07 Å². The number of nitrogens with two attached hydrogens (primary N) is 1. The van der Waals surface area contributed by atoms with Crippen LogP contribution in [0.15, 0.2) is 18.2 Å². The molecular formula is C15H18N4O6. The van der Waals surface area contributed by atoms with Crippen molar-refractivity contribution in [1.29, 1.82) is 5.26 Å². The van der Waals surface area contributed by atoms with Gasteiger partial charge in [-0.3, -0.25) is 10.1 Å². The first-order chi connectivity index (χ1) is 11.4. The first-order valence-corrected chi connectivity index (χ1v) is 7.09. The Morgan fingerprint density at radius 3 is 2.48 bits per heavy atom. The van der Waals surface area contributed by atoms with Crippen LogP contribution in [0.1, 0.15) is 26.3 Å². The second kappa shape index (κ2) is 7.14. The lowest BCUT2D eigenvalue weighted by molar-refractivity contribution is -0.384. The van der Waals surface area contributed by atoms with E-state index in [1.807, 2.05) is 0 Å². The quantitative estimate of drug-likeness (QED) is 0.293. The number of nitro groups is 1. The van der Waals surface area contributed by atoms with E-state index < -0.39 is 40.2 Å². The third kappa shape index (κ3) is 4.89. The summed E-state index contributed by atoms with van der Waals surface area (Å²) in [4.78, 5) is 33.9. The third-order valence-electron chi connectivity index (χ3n) is 3.02. The van der Waals surface area contributed by atoms with E-state index in [9.17, 15) is 24.8 Å². The fourth-order valence-electron chi connectivity index (χ4n) is 1.75. The minimum atomic E-state index is -2.47. The van der Waals surface area contributed by atoms with Gasteiger partial charge in [-0.15, -0.1) is 0 Å². The molecule has 1 atom stereocenters. The molecule has 0 heterocycles. The van der Waals surface area contributed by atoms with Gasteiger partial charge in [-0.25, -0.2) is 9.59 Å². The molecular weight excluding hydrogens is 332 g/mol. The highest BCUT2D eigenvalue weighted by molar-refractivity contribution is 6.04. The molecule has 25 heavy (non-hydrogen) atoms. The largest absolute Gasteiger partial charge is 0.479 e. The standard InChI is InChI=1S/C15H18N4O6/c1-14(2,3)25-13(22)15(17,12(20)21)8-18-10-6-9(7-16)4-5-11(10)19(23)24/h4-6,18H,8,17H2,1-3H3,(H,20,21). The van der Waals surface area contributed by atoms with Crippen molar-refractivity contribution in [3.05, 3.63) is 33.9 Å². The van der Waals surface area contributed by atoms with E-state index in [0.29, 0.717) is 0 Å². The number of hydrogen-bond donors (Lipinski definition) is 3. The molecule has 4 N–H and O–H groups in total. The molecule has 10 heteroatoms. The zero-order valence-electron chi connectivity index (χ0n) is 13.9. The van der Waals surface area contributed by atoms with Gasteiger partial charge >= 0.3 is 11.9 Å². The molecule has 0 aliphatic rings. The van der Waals surface area contributed by atoms with Crippen molar-refractivity contribution >= 4 is 23.3 Å². The smallest absolute Gasteiger partial charge is 0.340 e. The Labute approximate surface area is 143 Å². The second-order valence-electron chi connectivity index (χ2n) is 6.23. The Morgan fingerprint density at radius 1 is 1.44 bits per heavy atom. The van der Waals surface area contributed by atoms with Crippen LogP contribution in [0, 0.1) is 21.4 Å². The Hall–Kier alpha value is -3.19. The topological polar surface area (TPSA) is 169 Å². The SMILES string of the molecule is CC(C)(C)OC(=O)C(N)(CNc1cc(C#N)ccc1[N+](=O)[O-])C(=O)O. The lowest BCUT2D eigenvalue weighted by atomic mass is 10.0. The van der Waals surface area contributed by atoms with Crippen molar-refractivity contribution in [3.8, 4) is 6.07 Å². The van der Waals surface area contributed by atoms with Gasteiger partial charge < -0.3 is 20.9 Å². The van der Waals surface area contributed by atoms with Crippen LogP contribution in [0.3, 0.4) is 0 Å². The molecule has 0 saturated carbocycles. The maximum absolute atomic E-state index is 12.1. The highest BCUT2D eigenvalue weighted by Crippen LogP contribution is 2.26. The predicted molar refractivity (Wildman–Crippen MR) is 86.7 cm³/mol. The Balaban J connectivity index is 3.14. The van der Waals surface area contributed by atoms with Gasteiger partial charge in [0, 0.05) is 6.07 Å². The third-order valence-corrected chi connectivity index (χ3v) is 3.02. The summed E-state index contributed by atoms with van der Waals surface area (Å²) < 4.78 is 5.00. The molecule has 1 unspecified atom stereocenters. The number of nitro benzene ring substituents is 1. The molecule has 0 aromatic heterocycles. The van der Waals surface area contributed by atoms with Gasteiger partial charge in [0.25, 0.3) is 5.69 Å². The molecule has 10 nitrogen and oxygen atoms in total. The first-order valence-electron chi connectivity index (χ1n) is 7.09. The highest BCUT2D eigenvalue weighted by Gasteiger charge is 2.45. The van der Waals surface area contributed by atoms with Gasteiger partial charge in [-0.05, 0) is 32.9 Å². The van der Waals surface area contributed by atoms with Gasteiger partial charge in [-0.1, -0.05) is 0 Å². The van der Waals surface area contributed by atoms with E-state index in [1.54, 1.807) is 26.8 Å². The van der Waals surface area contributed by atoms with Crippen molar-refractivity contribution in [3.63, 3.8) is 0 Å². The van der Waals surface area contributed by atoms with Crippen molar-refractivity contribution in [2.75, 3.05) is 11.9 Å². The van der Waals surface area contributed by atoms with Crippen molar-refractivity contribution < 1.29 is 24.4 Å². The van der Waals surface area contributed by atoms with E-state index in [-0.39, 0.29) is 11.3 Å². The van der Waals surface area contributed by atoms with E-state index in [4.69, 9.17) is 15.7 Å². The van der Waals surface area contributed by atoms with Gasteiger partial charge in [0.1, 0.15) is 11.3 Å². The van der Waals surface area contributed by atoms with Crippen LogP contribution in [0.25, 0.3) is 0 Å². The molecule has 1 aromatic rings. The summed E-state index contributed by atoms with van der Waals surface area (Å²) in [5, 5.41) is 31.7. The molecule has 1 rings (SSSR count). The maximum Gasteiger partial charge on any atom is 0.340 e. The molecule has 0 radical (unpaired) electrons. The number of carboxylic acids is 1. The number of nitriles is 1. The van der Waals surface area contributed by atoms with E-state index in [2.05, 4.69) is 5.32 Å². The summed E-state index contributed by atoms with van der Waals surface area (Å²) in [6.07, 6.45) is 0. The average molecular weight is 350 g/mol. The number of anilines is 1. The molecule has 0 saturated heterocycles. The number of carbonyl (C=O) groups excluding carboxylic acids is 1. The minimum Gasteiger partial charge on any atom is -0.479 e. The molecule has 134 valence electrons. The molecule has 0 bridgehead atoms. The van der Waals surface area contributed by atoms with E-state index >= 15 is 0 Å². The lowest BCUT2D eigenvalue weighted by Crippen LogP contribution is -2.61. The van der Waals surface area contributed by atoms with Crippen LogP contribution >= 0.6 is 0 Å². The van der Waals surface area contributed by atoms with Crippen molar-refractivity contribution in [2.45, 2.75) is 31.9 Å². The number of carbonyl (C=O) groups is 2. The number of hydrogen-bond acceptors (Lipinski definition) is 8. The van der Waals surface area contributed by atoms with Gasteiger partial charge in [0.05, 0.1) is 23.1 Å². The zero-order valence-corrected chi connectivity index (χ0v) is 13.9. The highest BCUT2D eigenvalue weighted by atomic mass is 16.6. The maximum atomic E-state index is 12.1. The predicted octanol–water partition coefficient (Wildman–Crippen LogP) is 1.00. The van der Waals surface area contributed by atoms with Gasteiger partial charge in [0.2, 0.25) is 5.54 Å². The normalized spacial score (nSPS) is 13.2. The van der Waals surface area contributed by atoms with Crippen LogP contribution in [0.2, 0.25) is 0 Å². The summed E-state index contributed by atoms with van der Waals surface area (Å²) in [7, 11) is 0. The molecule has 0 amide bonds. The summed E-state index contributed by atoms with van der Waals surface area (Å²) in [6.45, 7) is 3.96. The fourth-order valence-corrected chi connectivity index (χ4v) is 1.75. The first kappa shape index (κ1) is 19.9. The molecule has 0 spiro atoms. The summed E-state index contributed by atoms with van der Waals surface area (Å²) in [6, 6.07) is 5.30. The Kier molecular flexibility index (Phi) is 5.67. The Bertz CT molecular complexity index is 749. The fraction of sp³-hybridized carbons (Fsp3) is 0.400. The second-order valence-corrected chi connectivity index (χ2v) is 6.23. The van der Waals surface area contributed by atoms with Crippen LogP contribution in [0.4, 0.5) is 11.4 Å². The van der Waals surface area contributed by atoms with Gasteiger partial charge in [0.15, 0.2) is 0 Å². The van der Waals surface area contributed by atoms with Crippen LogP contribution in [-0.2, 0) is 14.3 Å². The van der Waals surface area contributed by atoms with Gasteiger partial charge in [-0.2, -0.15) is 5.26 Å². The van der Waals surface area contributed by atoms with Crippen molar-refractivity contribution in [2.24, 2.45) is 5.73 Å². The number of aliphatic carboxylic acids is 1. The number of nitrogens with one attached hydrogen (secondary N) is 1. The molecule has 0 aliphatic carbocycles. The monoisotopic (exact) mass is 350 g/mol. The minimum absolute atomic E-state index is 0.114. The van der Waals surface area contributed by atoms with E-state index in [0.717, 1.165) is 12.1 Å². The lowest BCUT2D eigenvalue weighted by Gasteiger charge is -2.28. The number of esters is 1. The van der Waals surface area contributed by atoms with Crippen molar-refractivity contribution in [1.82, 2.24) is 0 Å². The molecule has 0 aliphatic heterocycles. The van der Waals surface area contributed by atoms with Crippen LogP contribution in [-0.4, -0.2) is 39.7 Å². The van der Waals surface area contributed by atoms with Crippen LogP contribution < -0.4 is 11.1 Å². The molecule has 1 aromatic carbocycles. The number of benzene rings is 1. The summed E-state index contributed by atoms with van der Waals surface area (Å²) in [5.41, 5.74) is 1.81. The Morgan fingerprint density at radius 2 is 2.04 bits per heavy atom. The van der Waals surface area contributed by atoms with Crippen LogP contribution in [0.5, 0.6) is 0 Å². The summed E-state index contributed by atoms with van der Waals surface area (Å²) in [5.74, 6) is -2.85.